The zero-order valence-corrected chi connectivity index (χ0v) is 23.1. The van der Waals surface area contributed by atoms with Crippen LogP contribution in [0.5, 0.6) is 5.75 Å². The highest BCUT2D eigenvalue weighted by Crippen LogP contribution is 2.26. The molecule has 3 rings (SSSR count). The van der Waals surface area contributed by atoms with Gasteiger partial charge in [-0.05, 0) is 73.7 Å². The van der Waals surface area contributed by atoms with E-state index < -0.39 is 22.5 Å². The van der Waals surface area contributed by atoms with Crippen LogP contribution in [0.2, 0.25) is 0 Å². The molecule has 1 N–H and O–H groups in total. The lowest BCUT2D eigenvalue weighted by Gasteiger charge is -2.24. The van der Waals surface area contributed by atoms with Crippen LogP contribution in [-0.4, -0.2) is 33.2 Å². The fraction of sp³-hybridized carbons (Fsp3) is 0.310. The van der Waals surface area contributed by atoms with Crippen molar-refractivity contribution in [2.24, 2.45) is 5.10 Å². The Morgan fingerprint density at radius 2 is 1.54 bits per heavy atom. The average Bonchev–Trinajstić information content (AvgIpc) is 2.86. The Kier molecular flexibility index (Phi) is 8.76. The van der Waals surface area contributed by atoms with Crippen LogP contribution in [0.3, 0.4) is 0 Å². The lowest BCUT2D eigenvalue weighted by atomic mass is 9.86. The molecule has 3 aromatic rings. The molecular weight excluding hydrogens is 486 g/mol. The molecule has 0 aromatic heterocycles. The summed E-state index contributed by atoms with van der Waals surface area (Å²) in [6.07, 6.45) is 0. The molecule has 7 nitrogen and oxygen atoms in total. The number of carbonyl (C=O) groups is 1. The van der Waals surface area contributed by atoms with E-state index in [-0.39, 0.29) is 10.3 Å². The molecule has 0 aliphatic carbocycles. The lowest BCUT2D eigenvalue weighted by molar-refractivity contribution is -0.119. The van der Waals surface area contributed by atoms with Gasteiger partial charge in [-0.15, -0.1) is 0 Å². The van der Waals surface area contributed by atoms with Crippen molar-refractivity contribution < 1.29 is 17.9 Å². The van der Waals surface area contributed by atoms with Crippen molar-refractivity contribution in [3.05, 3.63) is 89.5 Å². The fourth-order valence-corrected chi connectivity index (χ4v) is 5.04. The Bertz CT molecular complexity index is 1340. The van der Waals surface area contributed by atoms with Gasteiger partial charge in [-0.25, -0.2) is 13.8 Å². The highest BCUT2D eigenvalue weighted by molar-refractivity contribution is 7.92. The summed E-state index contributed by atoms with van der Waals surface area (Å²) in [5.41, 5.74) is 6.58. The van der Waals surface area contributed by atoms with Gasteiger partial charge in [0, 0.05) is 0 Å². The number of hydrogen-bond donors (Lipinski definition) is 1. The summed E-state index contributed by atoms with van der Waals surface area (Å²) >= 11 is 0. The summed E-state index contributed by atoms with van der Waals surface area (Å²) < 4.78 is 33.6. The summed E-state index contributed by atoms with van der Waals surface area (Å²) in [4.78, 5) is 12.9. The maximum absolute atomic E-state index is 13.6. The highest BCUT2D eigenvalue weighted by Gasteiger charge is 2.27. The van der Waals surface area contributed by atoms with E-state index in [1.54, 1.807) is 43.3 Å². The van der Waals surface area contributed by atoms with Crippen LogP contribution < -0.4 is 14.5 Å². The number of carbonyl (C=O) groups excluding carboxylic acids is 1. The van der Waals surface area contributed by atoms with E-state index >= 15 is 0 Å². The molecule has 0 spiro atoms. The van der Waals surface area contributed by atoms with E-state index in [1.807, 2.05) is 38.1 Å². The van der Waals surface area contributed by atoms with Crippen molar-refractivity contribution in [1.29, 1.82) is 0 Å². The van der Waals surface area contributed by atoms with Crippen LogP contribution in [0.25, 0.3) is 0 Å². The second-order valence-electron chi connectivity index (χ2n) is 9.81. The quantitative estimate of drug-likeness (QED) is 0.301. The fourth-order valence-electron chi connectivity index (χ4n) is 3.62. The number of nitrogens with zero attached hydrogens (tertiary/aromatic N) is 2. The topological polar surface area (TPSA) is 88.1 Å². The molecule has 0 saturated heterocycles. The second kappa shape index (κ2) is 11.6. The SMILES string of the molecule is CCOc1ccc(S(=O)(=O)N(CC(=O)N/N=C(/C)c2ccc(C(C)(C)C)cc2)c2ccc(C)cc2)cc1. The summed E-state index contributed by atoms with van der Waals surface area (Å²) in [5, 5.41) is 4.21. The number of amides is 1. The zero-order chi connectivity index (χ0) is 27.2. The maximum atomic E-state index is 13.6. The largest absolute Gasteiger partial charge is 0.494 e. The molecule has 0 aliphatic heterocycles. The Labute approximate surface area is 220 Å². The molecule has 37 heavy (non-hydrogen) atoms. The smallest absolute Gasteiger partial charge is 0.264 e. The number of anilines is 1. The number of rotatable bonds is 9. The summed E-state index contributed by atoms with van der Waals surface area (Å²) in [5.74, 6) is 0.0159. The second-order valence-corrected chi connectivity index (χ2v) is 11.7. The number of hydrogen-bond acceptors (Lipinski definition) is 5. The Balaban J connectivity index is 1.83. The monoisotopic (exact) mass is 521 g/mol. The number of aryl methyl sites for hydroxylation is 1. The van der Waals surface area contributed by atoms with Gasteiger partial charge >= 0.3 is 0 Å². The van der Waals surface area contributed by atoms with Gasteiger partial charge in [-0.1, -0.05) is 62.7 Å². The first kappa shape index (κ1) is 27.9. The summed E-state index contributed by atoms with van der Waals surface area (Å²) in [6, 6.07) is 21.1. The number of ether oxygens (including phenoxy) is 1. The molecule has 0 bridgehead atoms. The maximum Gasteiger partial charge on any atom is 0.264 e. The normalized spacial score (nSPS) is 12.2. The van der Waals surface area contributed by atoms with Gasteiger partial charge < -0.3 is 4.74 Å². The molecule has 0 aliphatic rings. The van der Waals surface area contributed by atoms with Crippen molar-refractivity contribution >= 4 is 27.3 Å². The number of benzene rings is 3. The third-order valence-corrected chi connectivity index (χ3v) is 7.64. The Hall–Kier alpha value is -3.65. The van der Waals surface area contributed by atoms with Crippen molar-refractivity contribution in [1.82, 2.24) is 5.43 Å². The van der Waals surface area contributed by atoms with Crippen LogP contribution in [0.1, 0.15) is 51.3 Å². The molecule has 0 atom stereocenters. The van der Waals surface area contributed by atoms with Crippen molar-refractivity contribution in [3.8, 4) is 5.75 Å². The molecule has 3 aromatic carbocycles. The van der Waals surface area contributed by atoms with Gasteiger partial charge in [0.1, 0.15) is 12.3 Å². The molecule has 0 fully saturated rings. The van der Waals surface area contributed by atoms with Crippen molar-refractivity contribution in [2.75, 3.05) is 17.5 Å². The minimum absolute atomic E-state index is 0.0338. The number of hydrazone groups is 1. The molecule has 1 amide bonds. The minimum atomic E-state index is -4.03. The molecule has 0 heterocycles. The van der Waals surface area contributed by atoms with Gasteiger partial charge in [-0.2, -0.15) is 5.10 Å². The molecule has 0 unspecified atom stereocenters. The van der Waals surface area contributed by atoms with E-state index in [0.29, 0.717) is 23.8 Å². The van der Waals surface area contributed by atoms with Crippen LogP contribution >= 0.6 is 0 Å². The Morgan fingerprint density at radius 1 is 0.946 bits per heavy atom. The molecule has 0 saturated carbocycles. The number of sulfonamides is 1. The molecule has 0 radical (unpaired) electrons. The first-order valence-electron chi connectivity index (χ1n) is 12.2. The average molecular weight is 522 g/mol. The van der Waals surface area contributed by atoms with Crippen LogP contribution in [0.4, 0.5) is 5.69 Å². The van der Waals surface area contributed by atoms with Gasteiger partial charge in [0.2, 0.25) is 0 Å². The van der Waals surface area contributed by atoms with Crippen molar-refractivity contribution in [2.45, 2.75) is 51.9 Å². The van der Waals surface area contributed by atoms with E-state index in [2.05, 4.69) is 31.3 Å². The highest BCUT2D eigenvalue weighted by atomic mass is 32.2. The third kappa shape index (κ3) is 7.20. The lowest BCUT2D eigenvalue weighted by Crippen LogP contribution is -2.39. The molecular formula is C29H35N3O4S. The minimum Gasteiger partial charge on any atom is -0.494 e. The first-order valence-corrected chi connectivity index (χ1v) is 13.6. The van der Waals surface area contributed by atoms with Gasteiger partial charge in [0.05, 0.1) is 22.9 Å². The van der Waals surface area contributed by atoms with Gasteiger partial charge in [0.15, 0.2) is 0 Å². The zero-order valence-electron chi connectivity index (χ0n) is 22.3. The van der Waals surface area contributed by atoms with Gasteiger partial charge in [0.25, 0.3) is 15.9 Å². The molecule has 196 valence electrons. The van der Waals surface area contributed by atoms with Crippen LogP contribution in [0.15, 0.2) is 82.8 Å². The Morgan fingerprint density at radius 3 is 2.08 bits per heavy atom. The van der Waals surface area contributed by atoms with E-state index in [0.717, 1.165) is 15.4 Å². The third-order valence-electron chi connectivity index (χ3n) is 5.85. The number of nitrogens with one attached hydrogen (secondary N) is 1. The van der Waals surface area contributed by atoms with E-state index in [4.69, 9.17) is 4.74 Å². The van der Waals surface area contributed by atoms with E-state index in [9.17, 15) is 13.2 Å². The summed E-state index contributed by atoms with van der Waals surface area (Å²) in [6.45, 7) is 12.0. The summed E-state index contributed by atoms with van der Waals surface area (Å²) in [7, 11) is -4.03. The van der Waals surface area contributed by atoms with Crippen LogP contribution in [0, 0.1) is 6.92 Å². The van der Waals surface area contributed by atoms with Gasteiger partial charge in [-0.3, -0.25) is 9.10 Å². The predicted molar refractivity (Wildman–Crippen MR) is 149 cm³/mol. The molecule has 8 heteroatoms. The van der Waals surface area contributed by atoms with Crippen molar-refractivity contribution in [3.63, 3.8) is 0 Å². The predicted octanol–water partition coefficient (Wildman–Crippen LogP) is 5.43. The van der Waals surface area contributed by atoms with E-state index in [1.165, 1.54) is 17.7 Å². The standard InChI is InChI=1S/C29H35N3O4S/c1-7-36-26-16-18-27(19-17-26)37(34,35)32(25-14-8-21(2)9-15-25)20-28(33)31-30-22(3)23-10-12-24(13-11-23)29(4,5)6/h8-19H,7,20H2,1-6H3,(H,31,33)/b30-22-. The first-order chi connectivity index (χ1) is 17.4. The van der Waals surface area contributed by atoms with Crippen LogP contribution in [-0.2, 0) is 20.2 Å².